The van der Waals surface area contributed by atoms with E-state index < -0.39 is 103 Å². The first-order chi connectivity index (χ1) is 64.1. The van der Waals surface area contributed by atoms with Gasteiger partial charge in [-0.3, -0.25) is 29.0 Å². The van der Waals surface area contributed by atoms with E-state index in [4.69, 9.17) is 57.4 Å². The number of aliphatic hydroxyl groups excluding tert-OH is 6. The van der Waals surface area contributed by atoms with Crippen molar-refractivity contribution < 1.29 is 88.1 Å². The van der Waals surface area contributed by atoms with Gasteiger partial charge in [-0.25, -0.2) is 0 Å². The average Bonchev–Trinajstić information content (AvgIpc) is 0.726. The molecule has 0 radical (unpaired) electrons. The van der Waals surface area contributed by atoms with Crippen LogP contribution in [0.5, 0.6) is 34.5 Å². The number of rotatable bonds is 36. The molecule has 24 nitrogen and oxygen atoms in total. The van der Waals surface area contributed by atoms with Gasteiger partial charge in [0.2, 0.25) is 0 Å². The second-order valence-electron chi connectivity index (χ2n) is 48.4. The Labute approximate surface area is 824 Å². The van der Waals surface area contributed by atoms with Crippen molar-refractivity contribution in [2.45, 2.75) is 464 Å². The molecule has 7 aromatic rings. The van der Waals surface area contributed by atoms with Crippen molar-refractivity contribution in [3.63, 3.8) is 0 Å². The molecule has 6 saturated heterocycles. The van der Waals surface area contributed by atoms with Crippen molar-refractivity contribution in [3.05, 3.63) is 212 Å². The Kier molecular flexibility index (Phi) is 32.6. The van der Waals surface area contributed by atoms with Gasteiger partial charge in [-0.15, -0.1) is 0 Å². The van der Waals surface area contributed by atoms with E-state index in [1.54, 1.807) is 0 Å². The number of nitrogens with zero attached hydrogens (tertiary/aromatic N) is 6. The van der Waals surface area contributed by atoms with E-state index in [-0.39, 0.29) is 76.3 Å². The van der Waals surface area contributed by atoms with Crippen LogP contribution in [0.15, 0.2) is 146 Å². The molecule has 0 bridgehead atoms. The molecule has 0 aromatic heterocycles. The van der Waals surface area contributed by atoms with Crippen molar-refractivity contribution in [3.8, 4) is 34.5 Å². The smallest absolute Gasteiger partial charge is 0.133 e. The Morgan fingerprint density at radius 2 is 0.341 bits per heavy atom. The molecule has 6 atom stereocenters. The molecule has 0 amide bonds. The van der Waals surface area contributed by atoms with Crippen LogP contribution < -0.4 is 28.4 Å². The maximum Gasteiger partial charge on any atom is 0.133 e. The van der Waals surface area contributed by atoms with Gasteiger partial charge in [0.15, 0.2) is 0 Å². The molecule has 0 spiro atoms. The van der Waals surface area contributed by atoms with Gasteiger partial charge >= 0.3 is 0 Å². The van der Waals surface area contributed by atoms with Crippen molar-refractivity contribution in [1.82, 2.24) is 30.4 Å². The molecule has 138 heavy (non-hydrogen) atoms. The Morgan fingerprint density at radius 1 is 0.203 bits per heavy atom. The molecule has 6 aliphatic heterocycles. The summed E-state index contributed by atoms with van der Waals surface area (Å²) < 4.78 is 44.2. The Hall–Kier alpha value is -7.38. The number of piperidine rings is 6. The monoisotopic (exact) mass is 1910 g/mol. The summed E-state index contributed by atoms with van der Waals surface area (Å²) in [5, 5.41) is 78.8. The number of hydroxylamine groups is 12. The summed E-state index contributed by atoms with van der Waals surface area (Å²) in [4.78, 5) is 41.6. The molecular weight excluding hydrogens is 1740 g/mol. The van der Waals surface area contributed by atoms with Crippen LogP contribution in [0.1, 0.15) is 388 Å². The molecule has 0 aliphatic carbocycles. The first-order valence-electron chi connectivity index (χ1n) is 50.6. The third kappa shape index (κ3) is 25.5. The summed E-state index contributed by atoms with van der Waals surface area (Å²) in [6.07, 6.45) is 1.84. The van der Waals surface area contributed by atoms with Crippen LogP contribution in [0.25, 0.3) is 0 Å². The maximum atomic E-state index is 11.1. The quantitative estimate of drug-likeness (QED) is 0.0213. The van der Waals surface area contributed by atoms with E-state index in [0.29, 0.717) is 134 Å². The second kappa shape index (κ2) is 41.8. The lowest BCUT2D eigenvalue weighted by molar-refractivity contribution is -0.313. The highest BCUT2D eigenvalue weighted by Crippen LogP contribution is 2.50. The SMILES string of the molecule is CC(ON1C(C)(C)CC(O)CC1(C)C)c1ccc(COc2c(COc3ccc(C(C)ON4C(C)(C)CC(O)CC4(C)C)cc3)c(COc3ccc(C(C)ON4C(C)(C)CC(O)CC4(C)C)cc3)c(COc3ccc(C(C)ON4C(C)(C)CC(O)CC4(C)C)cc3)c(COc3ccc(C(C)ON4C(C)(C)CC(O)CC4(C)C)cc3)c2COc2ccc(C(C)ON3C(C)(C)CC(O)CC3(C)C)cc2)cc1. The summed E-state index contributed by atoms with van der Waals surface area (Å²) >= 11 is 0. The average molecular weight is 1910 g/mol. The van der Waals surface area contributed by atoms with E-state index >= 15 is 0 Å². The second-order valence-corrected chi connectivity index (χ2v) is 48.4. The van der Waals surface area contributed by atoms with Crippen molar-refractivity contribution >= 4 is 0 Å². The van der Waals surface area contributed by atoms with Gasteiger partial charge in [-0.1, -0.05) is 84.9 Å². The van der Waals surface area contributed by atoms with E-state index in [0.717, 1.165) is 44.5 Å². The largest absolute Gasteiger partial charge is 0.489 e. The topological polar surface area (TPSA) is 252 Å². The Morgan fingerprint density at radius 3 is 0.500 bits per heavy atom. The summed E-state index contributed by atoms with van der Waals surface area (Å²) in [6.45, 7) is 63.1. The van der Waals surface area contributed by atoms with Crippen LogP contribution in [-0.4, -0.2) is 164 Å². The molecule has 13 rings (SSSR count). The summed E-state index contributed by atoms with van der Waals surface area (Å²) in [5.74, 6) is 3.36. The number of hydrogen-bond donors (Lipinski definition) is 6. The molecular formula is C114H168N6O18. The normalized spacial score (nSPS) is 23.4. The minimum absolute atomic E-state index is 0.0238. The van der Waals surface area contributed by atoms with E-state index in [1.165, 1.54) is 0 Å². The van der Waals surface area contributed by atoms with Crippen LogP contribution in [0.3, 0.4) is 0 Å². The van der Waals surface area contributed by atoms with Gasteiger partial charge in [0.25, 0.3) is 0 Å². The molecule has 7 aromatic carbocycles. The maximum absolute atomic E-state index is 11.1. The number of ether oxygens (including phenoxy) is 6. The van der Waals surface area contributed by atoms with Gasteiger partial charge in [0, 0.05) is 94.3 Å². The minimum atomic E-state index is -0.456. The first kappa shape index (κ1) is 108. The van der Waals surface area contributed by atoms with Gasteiger partial charge in [-0.05, 0) is 384 Å². The zero-order chi connectivity index (χ0) is 101. The summed E-state index contributed by atoms with van der Waals surface area (Å²) in [5.41, 5.74) is 4.50. The van der Waals surface area contributed by atoms with Gasteiger partial charge in [-0.2, -0.15) is 30.4 Å². The van der Waals surface area contributed by atoms with Crippen molar-refractivity contribution in [2.75, 3.05) is 0 Å². The number of benzene rings is 7. The highest BCUT2D eigenvalue weighted by atomic mass is 16.7. The third-order valence-corrected chi connectivity index (χ3v) is 29.5. The molecule has 6 heterocycles. The van der Waals surface area contributed by atoms with Crippen LogP contribution in [0.4, 0.5) is 0 Å². The standard InChI is InChI=1S/C114H168N6O18/c1-73(133-115-103(7,8)55-86(121)56-104(115,9)10)80-33-31-79(32-34-80)67-132-102-100(71-130-95-51-41-84(42-52-95)77(5)137-119-111(23,24)63-90(125)64-112(119,25)26)98(69-128-93-47-37-82(38-48-93)75(3)135-117-107(15,16)59-88(123)60-108(117,17)18)97(68-127-92-45-35-81(36-46-92)74(2)134-116-105(11,12)57-87(122)58-106(116,13)14)99(70-129-94-49-39-83(40-50-94)76(4)136-118-109(19,20)61-89(124)62-110(118,21)22)101(102)72-131-96-53-43-85(44-54-96)78(6)138-120-113(27,28)65-91(126)66-114(120,29)30/h31-54,73-78,86-91,121-126H,55-72H2,1-30H3. The fourth-order valence-corrected chi connectivity index (χ4v) is 24.3. The number of aliphatic hydroxyl groups is 6. The number of hydrogen-bond acceptors (Lipinski definition) is 24. The minimum Gasteiger partial charge on any atom is -0.489 e. The Balaban J connectivity index is 0.965. The van der Waals surface area contributed by atoms with E-state index in [2.05, 4.69) is 262 Å². The van der Waals surface area contributed by atoms with Crippen molar-refractivity contribution in [1.29, 1.82) is 0 Å². The highest BCUT2D eigenvalue weighted by Gasteiger charge is 2.54. The summed E-state index contributed by atoms with van der Waals surface area (Å²) in [7, 11) is 0. The molecule has 6 N–H and O–H groups in total. The van der Waals surface area contributed by atoms with Gasteiger partial charge in [0.1, 0.15) is 111 Å². The lowest BCUT2D eigenvalue weighted by Crippen LogP contribution is -2.61. The lowest BCUT2D eigenvalue weighted by Gasteiger charge is -2.53. The highest BCUT2D eigenvalue weighted by molar-refractivity contribution is 5.57. The molecule has 6 aliphatic rings. The zero-order valence-corrected chi connectivity index (χ0v) is 88.8. The van der Waals surface area contributed by atoms with Crippen LogP contribution >= 0.6 is 0 Å². The first-order valence-corrected chi connectivity index (χ1v) is 50.6. The van der Waals surface area contributed by atoms with Crippen LogP contribution in [-0.2, 0) is 68.7 Å². The predicted molar refractivity (Wildman–Crippen MR) is 540 cm³/mol. The van der Waals surface area contributed by atoms with Gasteiger partial charge in [0.05, 0.1) is 36.6 Å². The molecule has 0 saturated carbocycles. The molecule has 24 heteroatoms. The third-order valence-electron chi connectivity index (χ3n) is 29.5. The van der Waals surface area contributed by atoms with E-state index in [9.17, 15) is 30.6 Å². The molecule has 762 valence electrons. The van der Waals surface area contributed by atoms with Crippen molar-refractivity contribution in [2.24, 2.45) is 0 Å². The zero-order valence-electron chi connectivity index (χ0n) is 88.8. The fraction of sp³-hybridized carbons (Fsp3) is 0.632. The molecule has 6 fully saturated rings. The molecule has 6 unspecified atom stereocenters. The fourth-order valence-electron chi connectivity index (χ4n) is 24.3. The van der Waals surface area contributed by atoms with Crippen LogP contribution in [0, 0.1) is 0 Å². The van der Waals surface area contributed by atoms with Crippen LogP contribution in [0.2, 0.25) is 0 Å². The predicted octanol–water partition coefficient (Wildman–Crippen LogP) is 23.2. The summed E-state index contributed by atoms with van der Waals surface area (Å²) in [6, 6.07) is 48.6. The van der Waals surface area contributed by atoms with E-state index in [1.807, 2.05) is 121 Å². The van der Waals surface area contributed by atoms with Gasteiger partial charge < -0.3 is 59.1 Å². The lowest BCUT2D eigenvalue weighted by atomic mass is 9.80. The Bertz CT molecular complexity index is 4220.